The first-order chi connectivity index (χ1) is 10.0. The third kappa shape index (κ3) is 3.64. The van der Waals surface area contributed by atoms with Crippen molar-refractivity contribution in [2.45, 2.75) is 6.54 Å². The SMILES string of the molecule is COc1ccc(Cl)c(NCc2ccc(C(N)=O)cc2F)c1. The van der Waals surface area contributed by atoms with Crippen LogP contribution in [0.3, 0.4) is 0 Å². The molecule has 0 spiro atoms. The van der Waals surface area contributed by atoms with Crippen molar-refractivity contribution >= 4 is 23.2 Å². The van der Waals surface area contributed by atoms with Gasteiger partial charge in [0.2, 0.25) is 5.91 Å². The van der Waals surface area contributed by atoms with Crippen LogP contribution in [0.15, 0.2) is 36.4 Å². The van der Waals surface area contributed by atoms with Gasteiger partial charge >= 0.3 is 0 Å². The first-order valence-electron chi connectivity index (χ1n) is 6.17. The van der Waals surface area contributed by atoms with Gasteiger partial charge in [-0.2, -0.15) is 0 Å². The molecule has 0 saturated carbocycles. The molecule has 0 fully saturated rings. The number of amides is 1. The minimum Gasteiger partial charge on any atom is -0.497 e. The number of nitrogens with one attached hydrogen (secondary N) is 1. The van der Waals surface area contributed by atoms with Gasteiger partial charge in [0.05, 0.1) is 17.8 Å². The first kappa shape index (κ1) is 15.1. The van der Waals surface area contributed by atoms with E-state index in [1.54, 1.807) is 25.3 Å². The van der Waals surface area contributed by atoms with Crippen LogP contribution in [-0.2, 0) is 6.54 Å². The Bertz CT molecular complexity index is 677. The molecule has 110 valence electrons. The Balaban J connectivity index is 2.15. The summed E-state index contributed by atoms with van der Waals surface area (Å²) in [6, 6.07) is 9.25. The van der Waals surface area contributed by atoms with Crippen LogP contribution in [0.5, 0.6) is 5.75 Å². The van der Waals surface area contributed by atoms with Crippen molar-refractivity contribution in [2.75, 3.05) is 12.4 Å². The van der Waals surface area contributed by atoms with Gasteiger partial charge in [-0.15, -0.1) is 0 Å². The van der Waals surface area contributed by atoms with Gasteiger partial charge in [-0.25, -0.2) is 4.39 Å². The molecule has 21 heavy (non-hydrogen) atoms. The van der Waals surface area contributed by atoms with Crippen molar-refractivity contribution in [1.82, 2.24) is 0 Å². The number of carbonyl (C=O) groups is 1. The zero-order chi connectivity index (χ0) is 15.4. The van der Waals surface area contributed by atoms with Crippen molar-refractivity contribution in [2.24, 2.45) is 5.73 Å². The number of hydrogen-bond acceptors (Lipinski definition) is 3. The van der Waals surface area contributed by atoms with Gasteiger partial charge in [-0.05, 0) is 24.3 Å². The predicted molar refractivity (Wildman–Crippen MR) is 80.2 cm³/mol. The highest BCUT2D eigenvalue weighted by molar-refractivity contribution is 6.33. The fourth-order valence-corrected chi connectivity index (χ4v) is 1.99. The zero-order valence-electron chi connectivity index (χ0n) is 11.3. The van der Waals surface area contributed by atoms with E-state index in [-0.39, 0.29) is 12.1 Å². The van der Waals surface area contributed by atoms with Gasteiger partial charge in [0.25, 0.3) is 0 Å². The summed E-state index contributed by atoms with van der Waals surface area (Å²) >= 11 is 6.05. The van der Waals surface area contributed by atoms with E-state index in [1.807, 2.05) is 0 Å². The molecule has 0 saturated heterocycles. The summed E-state index contributed by atoms with van der Waals surface area (Å²) in [5, 5.41) is 3.53. The Labute approximate surface area is 126 Å². The van der Waals surface area contributed by atoms with Crippen molar-refractivity contribution < 1.29 is 13.9 Å². The maximum atomic E-state index is 13.9. The number of hydrogen-bond donors (Lipinski definition) is 2. The molecule has 0 aromatic heterocycles. The molecule has 1 amide bonds. The fourth-order valence-electron chi connectivity index (χ4n) is 1.80. The van der Waals surface area contributed by atoms with E-state index in [1.165, 1.54) is 12.1 Å². The quantitative estimate of drug-likeness (QED) is 0.891. The molecule has 4 nitrogen and oxygen atoms in total. The van der Waals surface area contributed by atoms with Gasteiger partial charge in [-0.1, -0.05) is 17.7 Å². The minimum absolute atomic E-state index is 0.135. The normalized spacial score (nSPS) is 10.2. The lowest BCUT2D eigenvalue weighted by molar-refractivity contribution is 0.1000. The van der Waals surface area contributed by atoms with E-state index in [4.69, 9.17) is 22.1 Å². The van der Waals surface area contributed by atoms with E-state index in [0.717, 1.165) is 6.07 Å². The van der Waals surface area contributed by atoms with Crippen molar-refractivity contribution in [1.29, 1.82) is 0 Å². The maximum Gasteiger partial charge on any atom is 0.248 e. The van der Waals surface area contributed by atoms with Crippen LogP contribution in [-0.4, -0.2) is 13.0 Å². The number of ether oxygens (including phenoxy) is 1. The molecule has 2 aromatic carbocycles. The Morgan fingerprint density at radius 1 is 1.33 bits per heavy atom. The highest BCUT2D eigenvalue weighted by Crippen LogP contribution is 2.27. The second-order valence-electron chi connectivity index (χ2n) is 4.37. The third-order valence-corrected chi connectivity index (χ3v) is 3.31. The number of halogens is 2. The molecular formula is C15H14ClFN2O2. The maximum absolute atomic E-state index is 13.9. The fraction of sp³-hybridized carbons (Fsp3) is 0.133. The number of rotatable bonds is 5. The van der Waals surface area contributed by atoms with E-state index in [0.29, 0.717) is 22.0 Å². The molecule has 0 aliphatic carbocycles. The zero-order valence-corrected chi connectivity index (χ0v) is 12.1. The van der Waals surface area contributed by atoms with Crippen LogP contribution < -0.4 is 15.8 Å². The van der Waals surface area contributed by atoms with Crippen LogP contribution in [0.1, 0.15) is 15.9 Å². The lowest BCUT2D eigenvalue weighted by Gasteiger charge is -2.11. The molecule has 0 atom stereocenters. The lowest BCUT2D eigenvalue weighted by Crippen LogP contribution is -2.12. The van der Waals surface area contributed by atoms with E-state index in [9.17, 15) is 9.18 Å². The largest absolute Gasteiger partial charge is 0.497 e. The summed E-state index contributed by atoms with van der Waals surface area (Å²) in [5.41, 5.74) is 6.27. The second kappa shape index (κ2) is 6.45. The number of nitrogens with two attached hydrogens (primary N) is 1. The highest BCUT2D eigenvalue weighted by Gasteiger charge is 2.08. The van der Waals surface area contributed by atoms with Crippen LogP contribution in [0.2, 0.25) is 5.02 Å². The smallest absolute Gasteiger partial charge is 0.248 e. The van der Waals surface area contributed by atoms with Crippen LogP contribution in [0.4, 0.5) is 10.1 Å². The standard InChI is InChI=1S/C15H14ClFN2O2/c1-21-11-4-5-12(16)14(7-11)19-8-10-3-2-9(15(18)20)6-13(10)17/h2-7,19H,8H2,1H3,(H2,18,20). The van der Waals surface area contributed by atoms with Crippen LogP contribution in [0.25, 0.3) is 0 Å². The molecule has 2 aromatic rings. The predicted octanol–water partition coefficient (Wildman–Crippen LogP) is 3.20. The Morgan fingerprint density at radius 3 is 2.71 bits per heavy atom. The number of carbonyl (C=O) groups excluding carboxylic acids is 1. The lowest BCUT2D eigenvalue weighted by atomic mass is 10.1. The molecule has 2 rings (SSSR count). The highest BCUT2D eigenvalue weighted by atomic mass is 35.5. The van der Waals surface area contributed by atoms with Gasteiger partial charge in [0.1, 0.15) is 11.6 Å². The van der Waals surface area contributed by atoms with Crippen molar-refractivity contribution in [3.05, 3.63) is 58.4 Å². The molecular weight excluding hydrogens is 295 g/mol. The third-order valence-electron chi connectivity index (χ3n) is 2.98. The second-order valence-corrected chi connectivity index (χ2v) is 4.78. The van der Waals surface area contributed by atoms with Gasteiger partial charge in [0.15, 0.2) is 0 Å². The van der Waals surface area contributed by atoms with Crippen molar-refractivity contribution in [3.8, 4) is 5.75 Å². The van der Waals surface area contributed by atoms with E-state index in [2.05, 4.69) is 5.32 Å². The first-order valence-corrected chi connectivity index (χ1v) is 6.54. The number of primary amides is 1. The Hall–Kier alpha value is -2.27. The number of methoxy groups -OCH3 is 1. The monoisotopic (exact) mass is 308 g/mol. The topological polar surface area (TPSA) is 64.3 Å². The molecule has 0 radical (unpaired) electrons. The Morgan fingerprint density at radius 2 is 2.10 bits per heavy atom. The molecule has 0 aliphatic heterocycles. The summed E-state index contributed by atoms with van der Waals surface area (Å²) in [7, 11) is 1.55. The minimum atomic E-state index is -0.663. The van der Waals surface area contributed by atoms with Gasteiger partial charge in [0, 0.05) is 23.7 Å². The van der Waals surface area contributed by atoms with Crippen LogP contribution >= 0.6 is 11.6 Å². The Kier molecular flexibility index (Phi) is 4.65. The molecule has 0 bridgehead atoms. The summed E-state index contributed by atoms with van der Waals surface area (Å²) in [4.78, 5) is 11.0. The molecule has 0 unspecified atom stereocenters. The average molecular weight is 309 g/mol. The number of anilines is 1. The van der Waals surface area contributed by atoms with E-state index >= 15 is 0 Å². The summed E-state index contributed by atoms with van der Waals surface area (Å²) in [5.74, 6) is -0.520. The molecule has 6 heteroatoms. The molecule has 0 aliphatic rings. The summed E-state index contributed by atoms with van der Waals surface area (Å²) < 4.78 is 19.0. The van der Waals surface area contributed by atoms with Gasteiger partial charge in [-0.3, -0.25) is 4.79 Å². The van der Waals surface area contributed by atoms with Gasteiger partial charge < -0.3 is 15.8 Å². The van der Waals surface area contributed by atoms with Crippen LogP contribution in [0, 0.1) is 5.82 Å². The van der Waals surface area contributed by atoms with Crippen molar-refractivity contribution in [3.63, 3.8) is 0 Å². The summed E-state index contributed by atoms with van der Waals surface area (Å²) in [6.07, 6.45) is 0. The summed E-state index contributed by atoms with van der Waals surface area (Å²) in [6.45, 7) is 0.220. The van der Waals surface area contributed by atoms with E-state index < -0.39 is 11.7 Å². The molecule has 3 N–H and O–H groups in total. The molecule has 0 heterocycles. The number of benzene rings is 2. The average Bonchev–Trinajstić information content (AvgIpc) is 2.47.